The van der Waals surface area contributed by atoms with Gasteiger partial charge in [0.15, 0.2) is 0 Å². The Bertz CT molecular complexity index is 673. The van der Waals surface area contributed by atoms with Crippen molar-refractivity contribution in [2.45, 2.75) is 19.8 Å². The zero-order chi connectivity index (χ0) is 16.3. The molecule has 0 aliphatic carbocycles. The number of rotatable bonds is 5. The topological polar surface area (TPSA) is 57.6 Å². The Morgan fingerprint density at radius 1 is 1.50 bits per heavy atom. The molecular formula is C15H14FNO3S2. The van der Waals surface area contributed by atoms with Crippen LogP contribution >= 0.6 is 24.0 Å². The van der Waals surface area contributed by atoms with Gasteiger partial charge in [-0.3, -0.25) is 14.5 Å². The van der Waals surface area contributed by atoms with Gasteiger partial charge in [0.05, 0.1) is 4.91 Å². The first kappa shape index (κ1) is 16.6. The molecular weight excluding hydrogens is 325 g/mol. The number of carboxylic acids is 1. The van der Waals surface area contributed by atoms with E-state index >= 15 is 0 Å². The standard InChI is InChI=1S/C15H14FNO3S2/c1-9-10(4-2-5-11(9)16)8-12-14(20)17(15(21)22-12)7-3-6-13(18)19/h2,4-5,8H,3,6-7H2,1H3,(H,18,19). The van der Waals surface area contributed by atoms with Crippen molar-refractivity contribution < 1.29 is 19.1 Å². The SMILES string of the molecule is Cc1c(F)cccc1C=C1SC(=S)N(CCCC(=O)O)C1=O. The minimum atomic E-state index is -0.906. The maximum Gasteiger partial charge on any atom is 0.303 e. The molecule has 1 aromatic rings. The minimum Gasteiger partial charge on any atom is -0.481 e. The van der Waals surface area contributed by atoms with Gasteiger partial charge >= 0.3 is 5.97 Å². The Balaban J connectivity index is 2.15. The number of nitrogens with zero attached hydrogens (tertiary/aromatic N) is 1. The monoisotopic (exact) mass is 339 g/mol. The fourth-order valence-electron chi connectivity index (χ4n) is 2.00. The number of benzene rings is 1. The van der Waals surface area contributed by atoms with E-state index in [2.05, 4.69) is 0 Å². The molecule has 7 heteroatoms. The number of aliphatic carboxylic acids is 1. The molecule has 2 rings (SSSR count). The first-order valence-electron chi connectivity index (χ1n) is 6.62. The van der Waals surface area contributed by atoms with Gasteiger partial charge in [0.2, 0.25) is 0 Å². The van der Waals surface area contributed by atoms with Gasteiger partial charge < -0.3 is 5.11 Å². The van der Waals surface area contributed by atoms with Gasteiger partial charge in [0.1, 0.15) is 10.1 Å². The zero-order valence-corrected chi connectivity index (χ0v) is 13.5. The Labute approximate surface area is 137 Å². The highest BCUT2D eigenvalue weighted by atomic mass is 32.2. The van der Waals surface area contributed by atoms with Crippen LogP contribution in [0.5, 0.6) is 0 Å². The summed E-state index contributed by atoms with van der Waals surface area (Å²) < 4.78 is 13.9. The van der Waals surface area contributed by atoms with E-state index in [9.17, 15) is 14.0 Å². The molecule has 1 aromatic carbocycles. The Morgan fingerprint density at radius 2 is 2.23 bits per heavy atom. The number of carbonyl (C=O) groups excluding carboxylic acids is 1. The third kappa shape index (κ3) is 3.72. The first-order chi connectivity index (χ1) is 10.4. The summed E-state index contributed by atoms with van der Waals surface area (Å²) >= 11 is 6.30. The molecule has 0 unspecified atom stereocenters. The number of hydrogen-bond donors (Lipinski definition) is 1. The van der Waals surface area contributed by atoms with Crippen molar-refractivity contribution in [2.24, 2.45) is 0 Å². The summed E-state index contributed by atoms with van der Waals surface area (Å²) in [5.41, 5.74) is 1.10. The molecule has 0 saturated carbocycles. The highest BCUT2D eigenvalue weighted by molar-refractivity contribution is 8.26. The van der Waals surface area contributed by atoms with Crippen molar-refractivity contribution in [2.75, 3.05) is 6.54 Å². The van der Waals surface area contributed by atoms with Crippen molar-refractivity contribution >= 4 is 46.3 Å². The number of thiocarbonyl (C=S) groups is 1. The molecule has 1 amide bonds. The van der Waals surface area contributed by atoms with Crippen molar-refractivity contribution in [3.8, 4) is 0 Å². The van der Waals surface area contributed by atoms with Crippen molar-refractivity contribution in [1.29, 1.82) is 0 Å². The van der Waals surface area contributed by atoms with Gasteiger partial charge in [-0.05, 0) is 36.6 Å². The van der Waals surface area contributed by atoms with E-state index in [1.54, 1.807) is 25.1 Å². The Hall–Kier alpha value is -1.73. The summed E-state index contributed by atoms with van der Waals surface area (Å²) in [7, 11) is 0. The third-order valence-corrected chi connectivity index (χ3v) is 4.62. The molecule has 116 valence electrons. The van der Waals surface area contributed by atoms with Gasteiger partial charge in [0.25, 0.3) is 5.91 Å². The lowest BCUT2D eigenvalue weighted by Gasteiger charge is -2.13. The zero-order valence-electron chi connectivity index (χ0n) is 11.8. The first-order valence-corrected chi connectivity index (χ1v) is 7.85. The van der Waals surface area contributed by atoms with Gasteiger partial charge in [-0.1, -0.05) is 36.1 Å². The smallest absolute Gasteiger partial charge is 0.303 e. The largest absolute Gasteiger partial charge is 0.481 e. The summed E-state index contributed by atoms with van der Waals surface area (Å²) in [6.07, 6.45) is 1.95. The van der Waals surface area contributed by atoms with Crippen LogP contribution in [-0.2, 0) is 9.59 Å². The highest BCUT2D eigenvalue weighted by Crippen LogP contribution is 2.33. The van der Waals surface area contributed by atoms with Crippen LogP contribution in [0, 0.1) is 12.7 Å². The molecule has 1 N–H and O–H groups in total. The maximum absolute atomic E-state index is 13.5. The van der Waals surface area contributed by atoms with Crippen LogP contribution in [-0.4, -0.2) is 32.7 Å². The van der Waals surface area contributed by atoms with Crippen molar-refractivity contribution in [3.05, 3.63) is 40.0 Å². The van der Waals surface area contributed by atoms with Gasteiger partial charge in [-0.2, -0.15) is 0 Å². The molecule has 4 nitrogen and oxygen atoms in total. The summed E-state index contributed by atoms with van der Waals surface area (Å²) in [5.74, 6) is -1.49. The lowest BCUT2D eigenvalue weighted by Crippen LogP contribution is -2.29. The molecule has 1 heterocycles. The highest BCUT2D eigenvalue weighted by Gasteiger charge is 2.31. The molecule has 0 bridgehead atoms. The second-order valence-electron chi connectivity index (χ2n) is 4.78. The van der Waals surface area contributed by atoms with Crippen molar-refractivity contribution in [3.63, 3.8) is 0 Å². The quantitative estimate of drug-likeness (QED) is 0.659. The van der Waals surface area contributed by atoms with Gasteiger partial charge in [-0.15, -0.1) is 0 Å². The average Bonchev–Trinajstić information content (AvgIpc) is 2.71. The predicted molar refractivity (Wildman–Crippen MR) is 87.9 cm³/mol. The number of carbonyl (C=O) groups is 2. The molecule has 1 aliphatic heterocycles. The Kier molecular flexibility index (Phi) is 5.31. The summed E-state index contributed by atoms with van der Waals surface area (Å²) in [4.78, 5) is 24.6. The molecule has 22 heavy (non-hydrogen) atoms. The normalized spacial score (nSPS) is 16.6. The molecule has 0 radical (unpaired) electrons. The van der Waals surface area contributed by atoms with E-state index in [1.165, 1.54) is 11.0 Å². The Morgan fingerprint density at radius 3 is 2.91 bits per heavy atom. The number of thioether (sulfide) groups is 1. The summed E-state index contributed by atoms with van der Waals surface area (Å²) in [6, 6.07) is 4.68. The number of hydrogen-bond acceptors (Lipinski definition) is 4. The molecule has 0 spiro atoms. The number of amides is 1. The summed E-state index contributed by atoms with van der Waals surface area (Å²) in [6.45, 7) is 1.92. The van der Waals surface area contributed by atoms with E-state index in [1.807, 2.05) is 0 Å². The van der Waals surface area contributed by atoms with E-state index in [-0.39, 0.29) is 24.7 Å². The molecule has 1 fully saturated rings. The van der Waals surface area contributed by atoms with Gasteiger partial charge in [0, 0.05) is 13.0 Å². The number of carboxylic acid groups (broad SMARTS) is 1. The lowest BCUT2D eigenvalue weighted by atomic mass is 10.1. The van der Waals surface area contributed by atoms with Crippen LogP contribution in [0.25, 0.3) is 6.08 Å². The third-order valence-electron chi connectivity index (χ3n) is 3.24. The van der Waals surface area contributed by atoms with Crippen LogP contribution in [0.15, 0.2) is 23.1 Å². The van der Waals surface area contributed by atoms with Crippen molar-refractivity contribution in [1.82, 2.24) is 4.90 Å². The van der Waals surface area contributed by atoms with Gasteiger partial charge in [-0.25, -0.2) is 4.39 Å². The van der Waals surface area contributed by atoms with E-state index in [0.29, 0.717) is 26.8 Å². The maximum atomic E-state index is 13.5. The molecule has 0 aromatic heterocycles. The van der Waals surface area contributed by atoms with Crippen LogP contribution in [0.3, 0.4) is 0 Å². The fourth-order valence-corrected chi connectivity index (χ4v) is 3.30. The number of halogens is 1. The van der Waals surface area contributed by atoms with Crippen LogP contribution in [0.4, 0.5) is 4.39 Å². The van der Waals surface area contributed by atoms with Crippen LogP contribution < -0.4 is 0 Å². The second-order valence-corrected chi connectivity index (χ2v) is 6.46. The molecule has 0 atom stereocenters. The fraction of sp³-hybridized carbons (Fsp3) is 0.267. The second kappa shape index (κ2) is 7.02. The summed E-state index contributed by atoms with van der Waals surface area (Å²) in [5, 5.41) is 8.63. The predicted octanol–water partition coefficient (Wildman–Crippen LogP) is 3.20. The molecule has 1 aliphatic rings. The lowest BCUT2D eigenvalue weighted by molar-refractivity contribution is -0.137. The molecule has 1 saturated heterocycles. The minimum absolute atomic E-state index is 0.0148. The van der Waals surface area contributed by atoms with E-state index in [4.69, 9.17) is 17.3 Å². The average molecular weight is 339 g/mol. The van der Waals surface area contributed by atoms with E-state index < -0.39 is 5.97 Å². The van der Waals surface area contributed by atoms with E-state index in [0.717, 1.165) is 11.8 Å². The van der Waals surface area contributed by atoms with Crippen LogP contribution in [0.2, 0.25) is 0 Å². The van der Waals surface area contributed by atoms with Crippen LogP contribution in [0.1, 0.15) is 24.0 Å².